The van der Waals surface area contributed by atoms with E-state index in [1.807, 2.05) is 24.8 Å². The largest absolute Gasteiger partial charge is 0.496 e. The third-order valence-electron chi connectivity index (χ3n) is 3.55. The van der Waals surface area contributed by atoms with Crippen LogP contribution in [0.2, 0.25) is 0 Å². The maximum Gasteiger partial charge on any atom is 0.124 e. The number of rotatable bonds is 4. The standard InChI is InChI=1S/C15H23NOS/c1-11(16)15-13(17-2)9-6-10-14(15)18-12-7-4-3-5-8-12/h6,9-12H,3-5,7-8,16H2,1-2H3/t11-/m0/s1. The molecule has 1 aliphatic carbocycles. The molecule has 0 spiro atoms. The van der Waals surface area contributed by atoms with E-state index in [9.17, 15) is 0 Å². The van der Waals surface area contributed by atoms with Crippen molar-refractivity contribution in [3.05, 3.63) is 23.8 Å². The smallest absolute Gasteiger partial charge is 0.124 e. The lowest BCUT2D eigenvalue weighted by Crippen LogP contribution is -2.12. The van der Waals surface area contributed by atoms with E-state index < -0.39 is 0 Å². The molecule has 1 aromatic rings. The van der Waals surface area contributed by atoms with Gasteiger partial charge in [-0.15, -0.1) is 11.8 Å². The molecule has 2 rings (SSSR count). The van der Waals surface area contributed by atoms with Crippen LogP contribution in [0.25, 0.3) is 0 Å². The summed E-state index contributed by atoms with van der Waals surface area (Å²) in [4.78, 5) is 1.30. The van der Waals surface area contributed by atoms with Gasteiger partial charge in [-0.1, -0.05) is 25.3 Å². The second kappa shape index (κ2) is 6.48. The van der Waals surface area contributed by atoms with Crippen molar-refractivity contribution < 1.29 is 4.74 Å². The van der Waals surface area contributed by atoms with E-state index in [0.29, 0.717) is 0 Å². The Morgan fingerprint density at radius 2 is 2.00 bits per heavy atom. The second-order valence-corrected chi connectivity index (χ2v) is 6.38. The summed E-state index contributed by atoms with van der Waals surface area (Å²) in [7, 11) is 1.72. The molecule has 1 atom stereocenters. The molecule has 0 radical (unpaired) electrons. The maximum absolute atomic E-state index is 6.10. The summed E-state index contributed by atoms with van der Waals surface area (Å²) in [6.07, 6.45) is 6.81. The quantitative estimate of drug-likeness (QED) is 0.888. The molecule has 18 heavy (non-hydrogen) atoms. The lowest BCUT2D eigenvalue weighted by atomic mass is 10.0. The number of nitrogens with two attached hydrogens (primary N) is 1. The fourth-order valence-corrected chi connectivity index (χ4v) is 4.11. The van der Waals surface area contributed by atoms with E-state index in [1.165, 1.54) is 37.0 Å². The fraction of sp³-hybridized carbons (Fsp3) is 0.600. The van der Waals surface area contributed by atoms with Gasteiger partial charge in [-0.25, -0.2) is 0 Å². The van der Waals surface area contributed by atoms with Gasteiger partial charge in [0.05, 0.1) is 7.11 Å². The monoisotopic (exact) mass is 265 g/mol. The first-order chi connectivity index (χ1) is 8.72. The van der Waals surface area contributed by atoms with Crippen molar-refractivity contribution in [2.24, 2.45) is 5.73 Å². The zero-order valence-electron chi connectivity index (χ0n) is 11.3. The summed E-state index contributed by atoms with van der Waals surface area (Å²) in [6.45, 7) is 2.03. The molecule has 0 aromatic heterocycles. The molecule has 2 N–H and O–H groups in total. The van der Waals surface area contributed by atoms with E-state index in [4.69, 9.17) is 10.5 Å². The number of methoxy groups -OCH3 is 1. The van der Waals surface area contributed by atoms with Crippen molar-refractivity contribution >= 4 is 11.8 Å². The van der Waals surface area contributed by atoms with Crippen LogP contribution in [0.1, 0.15) is 50.6 Å². The normalized spacial score (nSPS) is 18.6. The Hall–Kier alpha value is -0.670. The van der Waals surface area contributed by atoms with Crippen LogP contribution < -0.4 is 10.5 Å². The van der Waals surface area contributed by atoms with Crippen molar-refractivity contribution in [1.29, 1.82) is 0 Å². The van der Waals surface area contributed by atoms with Gasteiger partial charge in [-0.2, -0.15) is 0 Å². The van der Waals surface area contributed by atoms with Crippen LogP contribution in [0, 0.1) is 0 Å². The topological polar surface area (TPSA) is 35.2 Å². The highest BCUT2D eigenvalue weighted by Crippen LogP contribution is 2.39. The molecule has 2 nitrogen and oxygen atoms in total. The van der Waals surface area contributed by atoms with Crippen molar-refractivity contribution in [1.82, 2.24) is 0 Å². The number of ether oxygens (including phenoxy) is 1. The van der Waals surface area contributed by atoms with Crippen molar-refractivity contribution in [2.45, 2.75) is 55.2 Å². The highest BCUT2D eigenvalue weighted by molar-refractivity contribution is 8.00. The molecule has 0 unspecified atom stereocenters. The molecular formula is C15H23NOS. The minimum Gasteiger partial charge on any atom is -0.496 e. The lowest BCUT2D eigenvalue weighted by Gasteiger charge is -2.23. The van der Waals surface area contributed by atoms with Crippen LogP contribution in [0.4, 0.5) is 0 Å². The molecule has 0 aliphatic heterocycles. The van der Waals surface area contributed by atoms with Crippen molar-refractivity contribution in [3.8, 4) is 5.75 Å². The highest BCUT2D eigenvalue weighted by Gasteiger charge is 2.19. The van der Waals surface area contributed by atoms with Gasteiger partial charge in [0.2, 0.25) is 0 Å². The van der Waals surface area contributed by atoms with Crippen LogP contribution in [-0.2, 0) is 0 Å². The Morgan fingerprint density at radius 1 is 1.28 bits per heavy atom. The zero-order chi connectivity index (χ0) is 13.0. The van der Waals surface area contributed by atoms with Gasteiger partial charge < -0.3 is 10.5 Å². The Balaban J connectivity index is 2.20. The van der Waals surface area contributed by atoms with Gasteiger partial charge >= 0.3 is 0 Å². The zero-order valence-corrected chi connectivity index (χ0v) is 12.1. The van der Waals surface area contributed by atoms with E-state index in [2.05, 4.69) is 12.1 Å². The molecular weight excluding hydrogens is 242 g/mol. The van der Waals surface area contributed by atoms with Gasteiger partial charge in [0.1, 0.15) is 5.75 Å². The summed E-state index contributed by atoms with van der Waals surface area (Å²) in [5.74, 6) is 0.922. The third-order valence-corrected chi connectivity index (χ3v) is 4.96. The van der Waals surface area contributed by atoms with Gasteiger partial charge in [0.15, 0.2) is 0 Å². The SMILES string of the molecule is COc1cccc(SC2CCCCC2)c1[C@H](C)N. The highest BCUT2D eigenvalue weighted by atomic mass is 32.2. The Bertz CT molecular complexity index is 386. The molecule has 1 aromatic carbocycles. The van der Waals surface area contributed by atoms with Crippen LogP contribution >= 0.6 is 11.8 Å². The number of hydrogen-bond acceptors (Lipinski definition) is 3. The first-order valence-corrected chi connectivity index (χ1v) is 7.69. The predicted molar refractivity (Wildman–Crippen MR) is 78.3 cm³/mol. The number of thioether (sulfide) groups is 1. The van der Waals surface area contributed by atoms with Gasteiger partial charge in [-0.05, 0) is 31.9 Å². The first kappa shape index (κ1) is 13.8. The molecule has 0 heterocycles. The number of benzene rings is 1. The molecule has 0 bridgehead atoms. The fourth-order valence-electron chi connectivity index (χ4n) is 2.62. The molecule has 100 valence electrons. The first-order valence-electron chi connectivity index (χ1n) is 6.81. The number of hydrogen-bond donors (Lipinski definition) is 1. The molecule has 3 heteroatoms. The summed E-state index contributed by atoms with van der Waals surface area (Å²) in [5, 5.41) is 0.753. The van der Waals surface area contributed by atoms with E-state index >= 15 is 0 Å². The Labute approximate surface area is 114 Å². The van der Waals surface area contributed by atoms with Crippen molar-refractivity contribution in [2.75, 3.05) is 7.11 Å². The van der Waals surface area contributed by atoms with Crippen LogP contribution in [0.5, 0.6) is 5.75 Å². The van der Waals surface area contributed by atoms with Gasteiger partial charge in [0.25, 0.3) is 0 Å². The van der Waals surface area contributed by atoms with Crippen LogP contribution in [0.15, 0.2) is 23.1 Å². The molecule has 1 aliphatic rings. The van der Waals surface area contributed by atoms with Gasteiger partial charge in [-0.3, -0.25) is 0 Å². The Morgan fingerprint density at radius 3 is 2.61 bits per heavy atom. The second-order valence-electron chi connectivity index (χ2n) is 5.04. The summed E-state index contributed by atoms with van der Waals surface area (Å²) in [6, 6.07) is 6.27. The molecule has 1 saturated carbocycles. The van der Waals surface area contributed by atoms with E-state index in [-0.39, 0.29) is 6.04 Å². The summed E-state index contributed by atoms with van der Waals surface area (Å²) in [5.41, 5.74) is 7.27. The summed E-state index contributed by atoms with van der Waals surface area (Å²) < 4.78 is 5.44. The molecule has 1 fully saturated rings. The van der Waals surface area contributed by atoms with Crippen LogP contribution in [-0.4, -0.2) is 12.4 Å². The van der Waals surface area contributed by atoms with E-state index in [0.717, 1.165) is 16.6 Å². The van der Waals surface area contributed by atoms with E-state index in [1.54, 1.807) is 7.11 Å². The summed E-state index contributed by atoms with van der Waals surface area (Å²) >= 11 is 1.99. The molecule has 0 amide bonds. The minimum absolute atomic E-state index is 0.0206. The van der Waals surface area contributed by atoms with Crippen LogP contribution in [0.3, 0.4) is 0 Å². The maximum atomic E-state index is 6.10. The third kappa shape index (κ3) is 3.21. The predicted octanol–water partition coefficient (Wildman–Crippen LogP) is 4.14. The average molecular weight is 265 g/mol. The lowest BCUT2D eigenvalue weighted by molar-refractivity contribution is 0.405. The minimum atomic E-state index is 0.0206. The van der Waals surface area contributed by atoms with Gasteiger partial charge in [0, 0.05) is 21.8 Å². The molecule has 0 saturated heterocycles. The average Bonchev–Trinajstić information content (AvgIpc) is 2.39. The van der Waals surface area contributed by atoms with Crippen molar-refractivity contribution in [3.63, 3.8) is 0 Å². The Kier molecular flexibility index (Phi) is 4.95.